The third-order valence-electron chi connectivity index (χ3n) is 4.56. The number of likely N-dealkylation sites (tertiary alicyclic amines) is 1. The molecule has 6 nitrogen and oxygen atoms in total. The van der Waals surface area contributed by atoms with E-state index in [1.807, 2.05) is 4.90 Å². The quantitative estimate of drug-likeness (QED) is 0.443. The standard InChI is InChI=1S/C19H30N4O2/c1-20-19(21-10-13-25-2)22-15-18(24)23-11-8-17(9-12-23)14-16-6-4-3-5-7-16/h3-7,17H,8-15H2,1-2H3,(H2,20,21,22). The number of guanidine groups is 1. The zero-order valence-corrected chi connectivity index (χ0v) is 15.3. The highest BCUT2D eigenvalue weighted by Crippen LogP contribution is 2.21. The van der Waals surface area contributed by atoms with Crippen LogP contribution in [0, 0.1) is 5.92 Å². The maximum absolute atomic E-state index is 12.4. The van der Waals surface area contributed by atoms with Crippen molar-refractivity contribution in [2.75, 3.05) is 46.9 Å². The van der Waals surface area contributed by atoms with E-state index in [1.54, 1.807) is 14.2 Å². The van der Waals surface area contributed by atoms with Crippen molar-refractivity contribution < 1.29 is 9.53 Å². The van der Waals surface area contributed by atoms with Crippen LogP contribution in [0.3, 0.4) is 0 Å². The lowest BCUT2D eigenvalue weighted by atomic mass is 9.90. The molecular formula is C19H30N4O2. The minimum atomic E-state index is 0.132. The summed E-state index contributed by atoms with van der Waals surface area (Å²) in [5.41, 5.74) is 1.39. The first-order valence-corrected chi connectivity index (χ1v) is 8.98. The first kappa shape index (κ1) is 19.2. The second kappa shape index (κ2) is 10.7. The number of nitrogens with one attached hydrogen (secondary N) is 2. The molecule has 1 aromatic rings. The highest BCUT2D eigenvalue weighted by molar-refractivity contribution is 5.86. The van der Waals surface area contributed by atoms with Gasteiger partial charge in [0.1, 0.15) is 0 Å². The average molecular weight is 346 g/mol. The molecule has 0 aliphatic carbocycles. The molecule has 0 spiro atoms. The minimum Gasteiger partial charge on any atom is -0.383 e. The van der Waals surface area contributed by atoms with Gasteiger partial charge in [-0.15, -0.1) is 0 Å². The Kier molecular flexibility index (Phi) is 8.25. The van der Waals surface area contributed by atoms with Gasteiger partial charge in [-0.05, 0) is 30.7 Å². The van der Waals surface area contributed by atoms with Crippen molar-refractivity contribution >= 4 is 11.9 Å². The predicted octanol–water partition coefficient (Wildman–Crippen LogP) is 1.28. The van der Waals surface area contributed by atoms with Gasteiger partial charge in [-0.3, -0.25) is 9.79 Å². The van der Waals surface area contributed by atoms with Gasteiger partial charge in [-0.2, -0.15) is 0 Å². The first-order chi connectivity index (χ1) is 12.2. The third kappa shape index (κ3) is 6.74. The normalized spacial score (nSPS) is 15.9. The second-order valence-corrected chi connectivity index (χ2v) is 6.36. The Hall–Kier alpha value is -2.08. The molecule has 1 heterocycles. The maximum atomic E-state index is 12.4. The van der Waals surface area contributed by atoms with Gasteiger partial charge in [0.25, 0.3) is 0 Å². The molecule has 2 rings (SSSR count). The van der Waals surface area contributed by atoms with Crippen LogP contribution in [0.15, 0.2) is 35.3 Å². The van der Waals surface area contributed by atoms with Crippen molar-refractivity contribution in [3.05, 3.63) is 35.9 Å². The number of methoxy groups -OCH3 is 1. The van der Waals surface area contributed by atoms with Crippen LogP contribution in [0.4, 0.5) is 0 Å². The summed E-state index contributed by atoms with van der Waals surface area (Å²) in [4.78, 5) is 18.4. The van der Waals surface area contributed by atoms with Crippen molar-refractivity contribution in [3.8, 4) is 0 Å². The predicted molar refractivity (Wildman–Crippen MR) is 101 cm³/mol. The van der Waals surface area contributed by atoms with E-state index in [-0.39, 0.29) is 12.5 Å². The van der Waals surface area contributed by atoms with E-state index in [0.717, 1.165) is 32.4 Å². The van der Waals surface area contributed by atoms with Gasteiger partial charge in [0.2, 0.25) is 5.91 Å². The van der Waals surface area contributed by atoms with Crippen LogP contribution in [0.1, 0.15) is 18.4 Å². The number of carbonyl (C=O) groups excluding carboxylic acids is 1. The zero-order valence-electron chi connectivity index (χ0n) is 15.3. The molecule has 1 fully saturated rings. The van der Waals surface area contributed by atoms with E-state index in [2.05, 4.69) is 46.0 Å². The monoisotopic (exact) mass is 346 g/mol. The van der Waals surface area contributed by atoms with Crippen LogP contribution in [0.25, 0.3) is 0 Å². The van der Waals surface area contributed by atoms with Crippen molar-refractivity contribution in [2.45, 2.75) is 19.3 Å². The molecule has 6 heteroatoms. The van der Waals surface area contributed by atoms with E-state index < -0.39 is 0 Å². The average Bonchev–Trinajstić information content (AvgIpc) is 2.66. The van der Waals surface area contributed by atoms with E-state index in [1.165, 1.54) is 5.56 Å². The topological polar surface area (TPSA) is 66.0 Å². The molecule has 25 heavy (non-hydrogen) atoms. The van der Waals surface area contributed by atoms with Gasteiger partial charge in [0, 0.05) is 33.8 Å². The SMILES string of the molecule is CN=C(NCCOC)NCC(=O)N1CCC(Cc2ccccc2)CC1. The number of hydrogen-bond acceptors (Lipinski definition) is 3. The lowest BCUT2D eigenvalue weighted by Crippen LogP contribution is -2.47. The Labute approximate surface area is 150 Å². The van der Waals surface area contributed by atoms with Gasteiger partial charge in [0.15, 0.2) is 5.96 Å². The fourth-order valence-corrected chi connectivity index (χ4v) is 3.10. The summed E-state index contributed by atoms with van der Waals surface area (Å²) in [6, 6.07) is 10.6. The number of ether oxygens (including phenoxy) is 1. The summed E-state index contributed by atoms with van der Waals surface area (Å²) >= 11 is 0. The highest BCUT2D eigenvalue weighted by Gasteiger charge is 2.22. The Morgan fingerprint density at radius 1 is 1.24 bits per heavy atom. The molecule has 2 N–H and O–H groups in total. The summed E-state index contributed by atoms with van der Waals surface area (Å²) in [6.45, 7) is 3.22. The highest BCUT2D eigenvalue weighted by atomic mass is 16.5. The van der Waals surface area contributed by atoms with Crippen molar-refractivity contribution in [3.63, 3.8) is 0 Å². The van der Waals surface area contributed by atoms with Crippen molar-refractivity contribution in [1.82, 2.24) is 15.5 Å². The van der Waals surface area contributed by atoms with Gasteiger partial charge in [-0.1, -0.05) is 30.3 Å². The summed E-state index contributed by atoms with van der Waals surface area (Å²) in [5.74, 6) is 1.43. The molecule has 0 atom stereocenters. The summed E-state index contributed by atoms with van der Waals surface area (Å²) in [7, 11) is 3.35. The molecule has 0 unspecified atom stereocenters. The van der Waals surface area contributed by atoms with Crippen molar-refractivity contribution in [2.24, 2.45) is 10.9 Å². The van der Waals surface area contributed by atoms with Crippen LogP contribution in [0.2, 0.25) is 0 Å². The Bertz CT molecular complexity index is 540. The van der Waals surface area contributed by atoms with Gasteiger partial charge in [-0.25, -0.2) is 0 Å². The smallest absolute Gasteiger partial charge is 0.241 e. The molecule has 1 aliphatic rings. The first-order valence-electron chi connectivity index (χ1n) is 8.98. The number of piperidine rings is 1. The molecule has 138 valence electrons. The maximum Gasteiger partial charge on any atom is 0.241 e. The molecule has 1 aromatic carbocycles. The molecule has 0 bridgehead atoms. The lowest BCUT2D eigenvalue weighted by molar-refractivity contribution is -0.131. The molecule has 0 saturated carbocycles. The molecular weight excluding hydrogens is 316 g/mol. The van der Waals surface area contributed by atoms with E-state index >= 15 is 0 Å². The molecule has 1 amide bonds. The summed E-state index contributed by atoms with van der Waals surface area (Å²) in [5, 5.41) is 6.17. The number of rotatable bonds is 7. The fraction of sp³-hybridized carbons (Fsp3) is 0.579. The van der Waals surface area contributed by atoms with Gasteiger partial charge in [0.05, 0.1) is 13.2 Å². The van der Waals surface area contributed by atoms with Crippen LogP contribution in [0.5, 0.6) is 0 Å². The van der Waals surface area contributed by atoms with E-state index in [4.69, 9.17) is 4.74 Å². The Balaban J connectivity index is 1.68. The Morgan fingerprint density at radius 2 is 1.96 bits per heavy atom. The van der Waals surface area contributed by atoms with Crippen LogP contribution < -0.4 is 10.6 Å². The second-order valence-electron chi connectivity index (χ2n) is 6.36. The lowest BCUT2D eigenvalue weighted by Gasteiger charge is -2.32. The van der Waals surface area contributed by atoms with E-state index in [0.29, 0.717) is 25.0 Å². The molecule has 1 saturated heterocycles. The number of carbonyl (C=O) groups is 1. The van der Waals surface area contributed by atoms with Gasteiger partial charge < -0.3 is 20.3 Å². The molecule has 1 aliphatic heterocycles. The number of amides is 1. The van der Waals surface area contributed by atoms with Crippen molar-refractivity contribution in [1.29, 1.82) is 0 Å². The number of benzene rings is 1. The van der Waals surface area contributed by atoms with Crippen LogP contribution >= 0.6 is 0 Å². The summed E-state index contributed by atoms with van der Waals surface area (Å²) in [6.07, 6.45) is 3.25. The number of hydrogen-bond donors (Lipinski definition) is 2. The zero-order chi connectivity index (χ0) is 17.9. The van der Waals surface area contributed by atoms with Crippen LogP contribution in [-0.2, 0) is 16.0 Å². The largest absolute Gasteiger partial charge is 0.383 e. The molecule has 0 aromatic heterocycles. The minimum absolute atomic E-state index is 0.132. The third-order valence-corrected chi connectivity index (χ3v) is 4.56. The fourth-order valence-electron chi connectivity index (χ4n) is 3.10. The molecule has 0 radical (unpaired) electrons. The number of aliphatic imine (C=N–C) groups is 1. The van der Waals surface area contributed by atoms with Gasteiger partial charge >= 0.3 is 0 Å². The van der Waals surface area contributed by atoms with Crippen LogP contribution in [-0.4, -0.2) is 63.7 Å². The number of nitrogens with zero attached hydrogens (tertiary/aromatic N) is 2. The van der Waals surface area contributed by atoms with E-state index in [9.17, 15) is 4.79 Å². The summed E-state index contributed by atoms with van der Waals surface area (Å²) < 4.78 is 4.99. The Morgan fingerprint density at radius 3 is 2.60 bits per heavy atom.